The highest BCUT2D eigenvalue weighted by molar-refractivity contribution is 6.30. The molecule has 1 aromatic rings. The van der Waals surface area contributed by atoms with Gasteiger partial charge in [-0.2, -0.15) is 0 Å². The second-order valence-corrected chi connectivity index (χ2v) is 6.25. The third kappa shape index (κ3) is 4.47. The molecule has 1 aliphatic rings. The van der Waals surface area contributed by atoms with Gasteiger partial charge in [0.05, 0.1) is 6.10 Å². The van der Waals surface area contributed by atoms with Crippen LogP contribution in [0.5, 0.6) is 0 Å². The zero-order valence-electron chi connectivity index (χ0n) is 12.4. The SMILES string of the molecule is CCOC(C(N)Cc1cccc(Cl)c1)C1CCCCC1. The van der Waals surface area contributed by atoms with E-state index in [9.17, 15) is 0 Å². The van der Waals surface area contributed by atoms with Crippen LogP contribution in [0.4, 0.5) is 0 Å². The first-order valence-corrected chi connectivity index (χ1v) is 8.20. The summed E-state index contributed by atoms with van der Waals surface area (Å²) < 4.78 is 5.99. The Bertz CT molecular complexity index is 404. The van der Waals surface area contributed by atoms with Gasteiger partial charge in [-0.1, -0.05) is 43.0 Å². The molecular weight excluding hydrogens is 270 g/mol. The number of rotatable bonds is 6. The highest BCUT2D eigenvalue weighted by atomic mass is 35.5. The highest BCUT2D eigenvalue weighted by Gasteiger charge is 2.29. The number of ether oxygens (including phenoxy) is 1. The van der Waals surface area contributed by atoms with Crippen molar-refractivity contribution in [2.24, 2.45) is 11.7 Å². The summed E-state index contributed by atoms with van der Waals surface area (Å²) >= 11 is 6.05. The summed E-state index contributed by atoms with van der Waals surface area (Å²) in [5, 5.41) is 0.778. The van der Waals surface area contributed by atoms with E-state index in [1.165, 1.54) is 37.7 Å². The van der Waals surface area contributed by atoms with Gasteiger partial charge in [0.2, 0.25) is 0 Å². The fourth-order valence-corrected chi connectivity index (χ4v) is 3.53. The van der Waals surface area contributed by atoms with Crippen LogP contribution >= 0.6 is 11.6 Å². The molecule has 1 aliphatic carbocycles. The van der Waals surface area contributed by atoms with Gasteiger partial charge in [-0.3, -0.25) is 0 Å². The van der Waals surface area contributed by atoms with Crippen molar-refractivity contribution >= 4 is 11.6 Å². The molecule has 112 valence electrons. The van der Waals surface area contributed by atoms with Crippen LogP contribution in [0.2, 0.25) is 5.02 Å². The van der Waals surface area contributed by atoms with Gasteiger partial charge >= 0.3 is 0 Å². The van der Waals surface area contributed by atoms with Crippen LogP contribution in [0.1, 0.15) is 44.6 Å². The van der Waals surface area contributed by atoms with E-state index < -0.39 is 0 Å². The molecule has 20 heavy (non-hydrogen) atoms. The maximum Gasteiger partial charge on any atom is 0.0757 e. The number of hydrogen-bond acceptors (Lipinski definition) is 2. The summed E-state index contributed by atoms with van der Waals surface area (Å²) in [5.74, 6) is 0.623. The molecule has 2 unspecified atom stereocenters. The van der Waals surface area contributed by atoms with Crippen LogP contribution in [-0.4, -0.2) is 18.8 Å². The standard InChI is InChI=1S/C17H26ClNO/c1-2-20-17(14-8-4-3-5-9-14)16(19)12-13-7-6-10-15(18)11-13/h6-7,10-11,14,16-17H,2-5,8-9,12,19H2,1H3. The van der Waals surface area contributed by atoms with Gasteiger partial charge in [-0.15, -0.1) is 0 Å². The Morgan fingerprint density at radius 2 is 2.05 bits per heavy atom. The zero-order chi connectivity index (χ0) is 14.4. The van der Waals surface area contributed by atoms with Crippen molar-refractivity contribution in [2.75, 3.05) is 6.61 Å². The number of halogens is 1. The van der Waals surface area contributed by atoms with Crippen molar-refractivity contribution < 1.29 is 4.74 Å². The average molecular weight is 296 g/mol. The van der Waals surface area contributed by atoms with E-state index in [-0.39, 0.29) is 12.1 Å². The van der Waals surface area contributed by atoms with E-state index in [0.29, 0.717) is 5.92 Å². The molecule has 3 heteroatoms. The van der Waals surface area contributed by atoms with Crippen LogP contribution in [0.3, 0.4) is 0 Å². The minimum absolute atomic E-state index is 0.0523. The number of hydrogen-bond donors (Lipinski definition) is 1. The molecule has 0 bridgehead atoms. The molecule has 2 N–H and O–H groups in total. The van der Waals surface area contributed by atoms with Crippen molar-refractivity contribution in [1.82, 2.24) is 0 Å². The summed E-state index contributed by atoms with van der Waals surface area (Å²) in [6.07, 6.45) is 7.53. The predicted molar refractivity (Wildman–Crippen MR) is 85.1 cm³/mol. The third-order valence-corrected chi connectivity index (χ3v) is 4.49. The van der Waals surface area contributed by atoms with Crippen LogP contribution in [0.15, 0.2) is 24.3 Å². The van der Waals surface area contributed by atoms with Gasteiger partial charge in [0.15, 0.2) is 0 Å². The second-order valence-electron chi connectivity index (χ2n) is 5.82. The third-order valence-electron chi connectivity index (χ3n) is 4.26. The van der Waals surface area contributed by atoms with E-state index >= 15 is 0 Å². The Kier molecular flexibility index (Phi) is 6.34. The van der Waals surface area contributed by atoms with Crippen molar-refractivity contribution in [3.05, 3.63) is 34.9 Å². The van der Waals surface area contributed by atoms with Gasteiger partial charge in [-0.25, -0.2) is 0 Å². The smallest absolute Gasteiger partial charge is 0.0757 e. The van der Waals surface area contributed by atoms with Crippen LogP contribution in [0.25, 0.3) is 0 Å². The molecule has 0 aliphatic heterocycles. The molecule has 0 saturated heterocycles. The first-order valence-electron chi connectivity index (χ1n) is 7.82. The molecule has 0 heterocycles. The molecule has 0 spiro atoms. The summed E-state index contributed by atoms with van der Waals surface area (Å²) in [5.41, 5.74) is 7.65. The molecule has 0 aromatic heterocycles. The molecule has 1 aromatic carbocycles. The Labute approximate surface area is 127 Å². The van der Waals surface area contributed by atoms with Gasteiger partial charge in [0.25, 0.3) is 0 Å². The van der Waals surface area contributed by atoms with Gasteiger partial charge in [0.1, 0.15) is 0 Å². The number of nitrogens with two attached hydrogens (primary N) is 1. The van der Waals surface area contributed by atoms with E-state index in [1.54, 1.807) is 0 Å². The van der Waals surface area contributed by atoms with E-state index in [0.717, 1.165) is 18.1 Å². The lowest BCUT2D eigenvalue weighted by molar-refractivity contribution is -0.00912. The fraction of sp³-hybridized carbons (Fsp3) is 0.647. The van der Waals surface area contributed by atoms with Crippen molar-refractivity contribution in [3.8, 4) is 0 Å². The minimum Gasteiger partial charge on any atom is -0.377 e. The molecule has 2 nitrogen and oxygen atoms in total. The Morgan fingerprint density at radius 1 is 1.30 bits per heavy atom. The lowest BCUT2D eigenvalue weighted by atomic mass is 9.81. The molecule has 2 atom stereocenters. The lowest BCUT2D eigenvalue weighted by Gasteiger charge is -2.34. The highest BCUT2D eigenvalue weighted by Crippen LogP contribution is 2.30. The van der Waals surface area contributed by atoms with Gasteiger partial charge < -0.3 is 10.5 Å². The Morgan fingerprint density at radius 3 is 2.70 bits per heavy atom. The summed E-state index contributed by atoms with van der Waals surface area (Å²) in [6.45, 7) is 2.80. The zero-order valence-corrected chi connectivity index (χ0v) is 13.1. The Balaban J connectivity index is 2.00. The normalized spacial score (nSPS) is 19.8. The Hall–Kier alpha value is -0.570. The van der Waals surface area contributed by atoms with E-state index in [2.05, 4.69) is 13.0 Å². The monoisotopic (exact) mass is 295 g/mol. The van der Waals surface area contributed by atoms with Crippen molar-refractivity contribution in [2.45, 2.75) is 57.6 Å². The van der Waals surface area contributed by atoms with Crippen LogP contribution < -0.4 is 5.73 Å². The van der Waals surface area contributed by atoms with Gasteiger partial charge in [0, 0.05) is 17.7 Å². The average Bonchev–Trinajstić information content (AvgIpc) is 2.45. The van der Waals surface area contributed by atoms with E-state index in [4.69, 9.17) is 22.1 Å². The summed E-state index contributed by atoms with van der Waals surface area (Å²) in [7, 11) is 0. The number of benzene rings is 1. The maximum atomic E-state index is 6.45. The molecule has 1 saturated carbocycles. The first-order chi connectivity index (χ1) is 9.70. The van der Waals surface area contributed by atoms with Crippen molar-refractivity contribution in [3.63, 3.8) is 0 Å². The molecule has 0 amide bonds. The molecular formula is C17H26ClNO. The van der Waals surface area contributed by atoms with E-state index in [1.807, 2.05) is 18.2 Å². The topological polar surface area (TPSA) is 35.2 Å². The fourth-order valence-electron chi connectivity index (χ4n) is 3.32. The second kappa shape index (κ2) is 8.02. The maximum absolute atomic E-state index is 6.45. The lowest BCUT2D eigenvalue weighted by Crippen LogP contribution is -2.44. The van der Waals surface area contributed by atoms with Crippen molar-refractivity contribution in [1.29, 1.82) is 0 Å². The van der Waals surface area contributed by atoms with Crippen LogP contribution in [0, 0.1) is 5.92 Å². The molecule has 2 rings (SSSR count). The minimum atomic E-state index is 0.0523. The first kappa shape index (κ1) is 15.8. The van der Waals surface area contributed by atoms with Crippen LogP contribution in [-0.2, 0) is 11.2 Å². The predicted octanol–water partition coefficient (Wildman–Crippen LogP) is 4.20. The summed E-state index contributed by atoms with van der Waals surface area (Å²) in [4.78, 5) is 0. The largest absolute Gasteiger partial charge is 0.377 e. The quantitative estimate of drug-likeness (QED) is 0.854. The summed E-state index contributed by atoms with van der Waals surface area (Å²) in [6, 6.07) is 8.04. The van der Waals surface area contributed by atoms with Gasteiger partial charge in [-0.05, 0) is 49.8 Å². The molecule has 0 radical (unpaired) electrons. The molecule has 1 fully saturated rings.